The van der Waals surface area contributed by atoms with Gasteiger partial charge in [-0.15, -0.1) is 0 Å². The van der Waals surface area contributed by atoms with Gasteiger partial charge in [-0.25, -0.2) is 0 Å². The zero-order chi connectivity index (χ0) is 3.58. The van der Waals surface area contributed by atoms with E-state index in [0.29, 0.717) is 0 Å². The molecule has 0 spiro atoms. The molecule has 0 N–H and O–H groups in total. The fourth-order valence-corrected chi connectivity index (χ4v) is 0. The summed E-state index contributed by atoms with van der Waals surface area (Å²) in [5.41, 5.74) is 0. The molecule has 0 fully saturated rings. The topological polar surface area (TPSA) is 0 Å². The van der Waals surface area contributed by atoms with Crippen molar-refractivity contribution in [1.29, 1.82) is 0 Å². The largest absolute Gasteiger partial charge is 1.00 e. The van der Waals surface area contributed by atoms with Crippen LogP contribution in [-0.2, 0) is 0 Å². The molecule has 0 rings (SSSR count). The van der Waals surface area contributed by atoms with E-state index in [9.17, 15) is 12.9 Å². The average Bonchev–Trinajstić information content (AvgIpc) is 0.811. The fourth-order valence-electron chi connectivity index (χ4n) is 0. The maximum Gasteiger partial charge on any atom is 1.00 e. The molecule has 0 atom stereocenters. The number of rotatable bonds is 0. The molecule has 5 heteroatoms. The summed E-state index contributed by atoms with van der Waals surface area (Å²) in [6.45, 7) is 0. The van der Waals surface area contributed by atoms with E-state index in [1.165, 1.54) is 0 Å². The maximum absolute atomic E-state index is 9.75. The Morgan fingerprint density at radius 2 is 1.00 bits per heavy atom. The Balaban J connectivity index is 0. The summed E-state index contributed by atoms with van der Waals surface area (Å²) >= 11 is 0. The average molecular weight is 75.8 g/mol. The zero-order valence-corrected chi connectivity index (χ0v) is 2.84. The summed E-state index contributed by atoms with van der Waals surface area (Å²) < 4.78 is 29.2. The summed E-state index contributed by atoms with van der Waals surface area (Å²) in [5.74, 6) is 0. The van der Waals surface area contributed by atoms with Gasteiger partial charge in [0.25, 0.3) is 0 Å². The summed E-state index contributed by atoms with van der Waals surface area (Å²) in [4.78, 5) is 0. The van der Waals surface area contributed by atoms with Crippen LogP contribution in [0.1, 0.15) is 0 Å². The molecule has 26 valence electrons. The van der Waals surface area contributed by atoms with Gasteiger partial charge >= 0.3 is 26.4 Å². The molecule has 0 saturated carbocycles. The monoisotopic (exact) mass is 76.0 g/mol. The molecule has 0 nitrogen and oxygen atoms in total. The van der Waals surface area contributed by atoms with E-state index in [2.05, 4.69) is 0 Å². The van der Waals surface area contributed by atoms with Crippen LogP contribution >= 0.6 is 0 Å². The van der Waals surface area contributed by atoms with E-state index in [1.807, 2.05) is 0 Å². The molecule has 0 aliphatic carbocycles. The molecule has 5 heavy (non-hydrogen) atoms. The second kappa shape index (κ2) is 4.45. The van der Waals surface area contributed by atoms with Crippen molar-refractivity contribution in [1.82, 2.24) is 0 Å². The molecule has 0 saturated heterocycles. The summed E-state index contributed by atoms with van der Waals surface area (Å²) in [6.07, 6.45) is 0. The van der Waals surface area contributed by atoms with E-state index in [0.717, 1.165) is 0 Å². The van der Waals surface area contributed by atoms with Crippen molar-refractivity contribution in [3.8, 4) is 0 Å². The van der Waals surface area contributed by atoms with E-state index >= 15 is 0 Å². The van der Waals surface area contributed by atoms with Crippen LogP contribution in [0.5, 0.6) is 0 Å². The van der Waals surface area contributed by atoms with Crippen LogP contribution in [0.4, 0.5) is 12.9 Å². The zero-order valence-electron chi connectivity index (χ0n) is 2.84. The quantitative estimate of drug-likeness (QED) is 0.282. The Bertz CT molecular complexity index is 11.6. The molecule has 0 aromatic heterocycles. The Kier molecular flexibility index (Phi) is 8.08. The molecule has 0 amide bonds. The van der Waals surface area contributed by atoms with Crippen LogP contribution in [0.3, 0.4) is 0 Å². The van der Waals surface area contributed by atoms with Gasteiger partial charge in [0.2, 0.25) is 0 Å². The maximum atomic E-state index is 9.75. The minimum absolute atomic E-state index is 0. The van der Waals surface area contributed by atoms with Crippen molar-refractivity contribution < 1.29 is 31.8 Å². The van der Waals surface area contributed by atoms with E-state index in [4.69, 9.17) is 0 Å². The van der Waals surface area contributed by atoms with Gasteiger partial charge in [0.1, 0.15) is 0 Å². The van der Waals surface area contributed by atoms with Gasteiger partial charge in [0.15, 0.2) is 0 Å². The number of halogens is 3. The second-order valence-corrected chi connectivity index (χ2v) is 0.303. The molecule has 0 heterocycles. The Labute approximate surface area is 40.1 Å². The predicted molar refractivity (Wildman–Crippen MR) is 10.5 cm³/mol. The summed E-state index contributed by atoms with van der Waals surface area (Å²) in [7, 11) is -4.25. The van der Waals surface area contributed by atoms with Crippen LogP contribution < -0.4 is 18.9 Å². The fraction of sp³-hybridized carbons (Fsp3) is 0. The van der Waals surface area contributed by atoms with Gasteiger partial charge in [0, 0.05) is 0 Å². The second-order valence-electron chi connectivity index (χ2n) is 0.303. The first-order valence-corrected chi connectivity index (χ1v) is 0.802. The van der Waals surface area contributed by atoms with Gasteiger partial charge in [-0.05, 0) is 0 Å². The molecule has 0 unspecified atom stereocenters. The Morgan fingerprint density at radius 1 is 1.00 bits per heavy atom. The van der Waals surface area contributed by atoms with Crippen molar-refractivity contribution in [3.63, 3.8) is 0 Å². The molecular formula is HBF3Li. The van der Waals surface area contributed by atoms with Crippen molar-refractivity contribution in [2.24, 2.45) is 0 Å². The first-order chi connectivity index (χ1) is 1.73. The minimum atomic E-state index is -4.25. The predicted octanol–water partition coefficient (Wildman–Crippen LogP) is -2.38. The van der Waals surface area contributed by atoms with Crippen LogP contribution in [0.15, 0.2) is 0 Å². The van der Waals surface area contributed by atoms with Crippen LogP contribution in [-0.4, -0.2) is 7.54 Å². The van der Waals surface area contributed by atoms with Crippen molar-refractivity contribution in [3.05, 3.63) is 0 Å². The molecule has 0 radical (unpaired) electrons. The van der Waals surface area contributed by atoms with Gasteiger partial charge in [0.05, 0.1) is 0 Å². The first kappa shape index (κ1) is 9.07. The molecule has 0 aromatic rings. The molecular weight excluding hydrogens is 74.7 g/mol. The van der Waals surface area contributed by atoms with Crippen molar-refractivity contribution in [2.75, 3.05) is 0 Å². The molecule has 0 aliphatic rings. The third-order valence-corrected chi connectivity index (χ3v) is 0. The summed E-state index contributed by atoms with van der Waals surface area (Å²) in [6, 6.07) is 0. The van der Waals surface area contributed by atoms with Crippen molar-refractivity contribution in [2.45, 2.75) is 0 Å². The number of hydrogen-bond acceptors (Lipinski definition) is 0. The van der Waals surface area contributed by atoms with E-state index in [-0.39, 0.29) is 18.9 Å². The van der Waals surface area contributed by atoms with E-state index < -0.39 is 7.54 Å². The standard InChI is InChI=1S/BF3H.Li/c2-1(3)4;/h1H;/q-1;+1. The van der Waals surface area contributed by atoms with Crippen LogP contribution in [0.2, 0.25) is 0 Å². The van der Waals surface area contributed by atoms with Gasteiger partial charge < -0.3 is 12.9 Å². The van der Waals surface area contributed by atoms with Crippen LogP contribution in [0, 0.1) is 0 Å². The first-order valence-electron chi connectivity index (χ1n) is 0.802. The smallest absolute Gasteiger partial charge is 0.452 e. The third-order valence-electron chi connectivity index (χ3n) is 0. The molecule has 0 bridgehead atoms. The normalized spacial score (nSPS) is 7.20. The van der Waals surface area contributed by atoms with E-state index in [1.54, 1.807) is 0 Å². The van der Waals surface area contributed by atoms with Crippen LogP contribution in [0.25, 0.3) is 0 Å². The molecule has 0 aromatic carbocycles. The van der Waals surface area contributed by atoms with Gasteiger partial charge in [-0.2, -0.15) is 0 Å². The molecule has 0 aliphatic heterocycles. The SMILES string of the molecule is F[BH-](F)F.[Li+]. The number of hydrogen-bond donors (Lipinski definition) is 0. The van der Waals surface area contributed by atoms with Crippen molar-refractivity contribution >= 4 is 7.54 Å². The minimum Gasteiger partial charge on any atom is -0.452 e. The Hall–Kier alpha value is 0.452. The summed E-state index contributed by atoms with van der Waals surface area (Å²) in [5, 5.41) is 0. The Morgan fingerprint density at radius 3 is 1.00 bits per heavy atom. The van der Waals surface area contributed by atoms with Gasteiger partial charge in [-0.1, -0.05) is 0 Å². The third kappa shape index (κ3) is 131. The van der Waals surface area contributed by atoms with Gasteiger partial charge in [-0.3, -0.25) is 0 Å².